The van der Waals surface area contributed by atoms with Crippen molar-refractivity contribution in [2.75, 3.05) is 19.6 Å². The Morgan fingerprint density at radius 2 is 1.48 bits per heavy atom. The van der Waals surface area contributed by atoms with Crippen molar-refractivity contribution in [3.05, 3.63) is 35.9 Å². The number of hydrazine groups is 1. The fourth-order valence-corrected chi connectivity index (χ4v) is 8.08. The van der Waals surface area contributed by atoms with Gasteiger partial charge >= 0.3 is 12.1 Å². The molecule has 4 N–H and O–H groups in total. The molecular formula is C39H57N7O6. The van der Waals surface area contributed by atoms with E-state index in [-0.39, 0.29) is 54.0 Å². The van der Waals surface area contributed by atoms with Crippen LogP contribution in [-0.4, -0.2) is 88.3 Å². The molecule has 2 aliphatic heterocycles. The molecule has 1 aromatic rings. The molecular weight excluding hydrogens is 662 g/mol. The Balaban J connectivity index is 1.13. The van der Waals surface area contributed by atoms with Crippen molar-refractivity contribution in [1.29, 1.82) is 0 Å². The molecule has 1 aromatic carbocycles. The third kappa shape index (κ3) is 8.23. The Morgan fingerprint density at radius 1 is 0.846 bits per heavy atom. The Labute approximate surface area is 307 Å². The first-order chi connectivity index (χ1) is 24.4. The standard InChI is InChI=1S/C39H57N7O6/c1-22(24-11-9-8-10-12-24)40-37(52)46(19-23-13-14-23)43-32(47)30-28-18-27(28)20-44(30)35(50)31(39(5,6)7)42-36(51)41-29(38(2,3)4)21-45-33(48)25-15-16-26(17-25)34(45)49/h8-12,22-23,25-31H,13-21H2,1-7H3,(H,40,52)(H,43,47)(H2,41,42,51)/t22-,25?,26?,27-,28-,29+,30-,31+/m0/s1. The fraction of sp³-hybridized carbons (Fsp3) is 0.692. The molecule has 284 valence electrons. The van der Waals surface area contributed by atoms with Crippen molar-refractivity contribution in [3.63, 3.8) is 0 Å². The molecule has 2 unspecified atom stereocenters. The van der Waals surface area contributed by atoms with Gasteiger partial charge in [0.25, 0.3) is 5.91 Å². The molecule has 2 heterocycles. The lowest BCUT2D eigenvalue weighted by Gasteiger charge is -2.39. The van der Waals surface area contributed by atoms with Gasteiger partial charge in [-0.2, -0.15) is 0 Å². The highest BCUT2D eigenvalue weighted by molar-refractivity contribution is 6.01. The predicted molar refractivity (Wildman–Crippen MR) is 194 cm³/mol. The summed E-state index contributed by atoms with van der Waals surface area (Å²) < 4.78 is 0. The van der Waals surface area contributed by atoms with Gasteiger partial charge in [0.2, 0.25) is 17.7 Å². The lowest BCUT2D eigenvalue weighted by molar-refractivity contribution is -0.153. The number of carbonyl (C=O) groups is 6. The molecule has 13 heteroatoms. The highest BCUT2D eigenvalue weighted by atomic mass is 16.2. The van der Waals surface area contributed by atoms with Crippen molar-refractivity contribution < 1.29 is 28.8 Å². The fourth-order valence-electron chi connectivity index (χ4n) is 8.08. The maximum absolute atomic E-state index is 14.4. The van der Waals surface area contributed by atoms with Crippen molar-refractivity contribution in [3.8, 4) is 0 Å². The molecule has 2 saturated heterocycles. The van der Waals surface area contributed by atoms with E-state index in [1.165, 1.54) is 9.91 Å². The molecule has 52 heavy (non-hydrogen) atoms. The zero-order chi connectivity index (χ0) is 37.7. The summed E-state index contributed by atoms with van der Waals surface area (Å²) in [6.45, 7) is 14.1. The van der Waals surface area contributed by atoms with Crippen LogP contribution in [0, 0.1) is 40.4 Å². The van der Waals surface area contributed by atoms with E-state index in [9.17, 15) is 28.8 Å². The zero-order valence-corrected chi connectivity index (χ0v) is 31.7. The Kier molecular flexibility index (Phi) is 10.4. The maximum atomic E-state index is 14.4. The molecule has 0 radical (unpaired) electrons. The molecule has 8 amide bonds. The number of urea groups is 2. The minimum absolute atomic E-state index is 0.0207. The lowest BCUT2D eigenvalue weighted by Crippen LogP contribution is -2.63. The van der Waals surface area contributed by atoms with Gasteiger partial charge in [-0.05, 0) is 79.6 Å². The summed E-state index contributed by atoms with van der Waals surface area (Å²) in [6.07, 6.45) is 4.81. The third-order valence-corrected chi connectivity index (χ3v) is 11.7. The average molecular weight is 720 g/mol. The lowest BCUT2D eigenvalue weighted by atomic mass is 9.84. The predicted octanol–water partition coefficient (Wildman–Crippen LogP) is 3.96. The second kappa shape index (κ2) is 14.3. The molecule has 13 nitrogen and oxygen atoms in total. The zero-order valence-electron chi connectivity index (χ0n) is 31.7. The number of hydrogen-bond donors (Lipinski definition) is 4. The van der Waals surface area contributed by atoms with Gasteiger partial charge in [-0.1, -0.05) is 71.9 Å². The number of fused-ring (bicyclic) bond motifs is 3. The molecule has 5 aliphatic rings. The largest absolute Gasteiger partial charge is 0.336 e. The number of benzene rings is 1. The molecule has 6 rings (SSSR count). The van der Waals surface area contributed by atoms with Crippen LogP contribution >= 0.6 is 0 Å². The van der Waals surface area contributed by atoms with Crippen molar-refractivity contribution in [1.82, 2.24) is 36.2 Å². The smallest absolute Gasteiger partial charge is 0.333 e. The summed E-state index contributed by atoms with van der Waals surface area (Å²) >= 11 is 0. The quantitative estimate of drug-likeness (QED) is 0.212. The first kappa shape index (κ1) is 37.6. The van der Waals surface area contributed by atoms with Crippen molar-refractivity contribution in [2.45, 2.75) is 111 Å². The summed E-state index contributed by atoms with van der Waals surface area (Å²) in [5.74, 6) is -0.949. The Morgan fingerprint density at radius 3 is 2.06 bits per heavy atom. The second-order valence-electron chi connectivity index (χ2n) is 18.0. The number of piperidine rings is 2. The third-order valence-electron chi connectivity index (χ3n) is 11.7. The molecule has 0 aromatic heterocycles. The summed E-state index contributed by atoms with van der Waals surface area (Å²) in [6, 6.07) is 6.02. The van der Waals surface area contributed by atoms with Gasteiger partial charge in [0.15, 0.2) is 0 Å². The monoisotopic (exact) mass is 719 g/mol. The minimum Gasteiger partial charge on any atom is -0.333 e. The summed E-state index contributed by atoms with van der Waals surface area (Å²) in [7, 11) is 0. The molecule has 2 bridgehead atoms. The van der Waals surface area contributed by atoms with Gasteiger partial charge in [0, 0.05) is 31.5 Å². The SMILES string of the molecule is C[C@H](NC(=O)N(CC1CC1)NC(=O)[C@@H]1[C@H]2C[C@H]2CN1C(=O)[C@@H](NC(=O)N[C@H](CN1C(=O)C2CCC(C2)C1=O)C(C)(C)C)C(C)(C)C)c1ccccc1. The van der Waals surface area contributed by atoms with Gasteiger partial charge in [0.05, 0.1) is 12.1 Å². The Hall–Kier alpha value is -4.16. The summed E-state index contributed by atoms with van der Waals surface area (Å²) in [5, 5.41) is 10.3. The van der Waals surface area contributed by atoms with E-state index in [4.69, 9.17) is 0 Å². The number of nitrogens with zero attached hydrogens (tertiary/aromatic N) is 3. The summed E-state index contributed by atoms with van der Waals surface area (Å²) in [5.41, 5.74) is 2.59. The number of amides is 8. The van der Waals surface area contributed by atoms with Gasteiger partial charge in [-0.15, -0.1) is 0 Å². The normalized spacial score (nSPS) is 26.9. The van der Waals surface area contributed by atoms with E-state index >= 15 is 0 Å². The van der Waals surface area contributed by atoms with Crippen LogP contribution in [0.5, 0.6) is 0 Å². The molecule has 8 atom stereocenters. The van der Waals surface area contributed by atoms with Crippen LogP contribution in [0.1, 0.15) is 98.6 Å². The van der Waals surface area contributed by atoms with Crippen LogP contribution in [0.4, 0.5) is 9.59 Å². The molecule has 3 saturated carbocycles. The second-order valence-corrected chi connectivity index (χ2v) is 18.0. The van der Waals surface area contributed by atoms with E-state index in [2.05, 4.69) is 21.4 Å². The number of carbonyl (C=O) groups excluding carboxylic acids is 6. The highest BCUT2D eigenvalue weighted by Crippen LogP contribution is 2.50. The van der Waals surface area contributed by atoms with E-state index < -0.39 is 46.9 Å². The van der Waals surface area contributed by atoms with Crippen LogP contribution in [0.25, 0.3) is 0 Å². The van der Waals surface area contributed by atoms with Crippen LogP contribution < -0.4 is 21.4 Å². The van der Waals surface area contributed by atoms with Crippen molar-refractivity contribution in [2.24, 2.45) is 40.4 Å². The van der Waals surface area contributed by atoms with Gasteiger partial charge in [-0.25, -0.2) is 14.6 Å². The van der Waals surface area contributed by atoms with Gasteiger partial charge < -0.3 is 20.9 Å². The maximum Gasteiger partial charge on any atom is 0.336 e. The Bertz CT molecular complexity index is 1540. The number of hydrogen-bond acceptors (Lipinski definition) is 6. The molecule has 0 spiro atoms. The first-order valence-electron chi connectivity index (χ1n) is 19.1. The average Bonchev–Trinajstić information content (AvgIpc) is 3.97. The minimum atomic E-state index is -0.979. The van der Waals surface area contributed by atoms with E-state index in [1.807, 2.05) is 78.8 Å². The van der Waals surface area contributed by atoms with Gasteiger partial charge in [-0.3, -0.25) is 29.5 Å². The number of likely N-dealkylation sites (tertiary alicyclic amines) is 2. The van der Waals surface area contributed by atoms with Crippen LogP contribution in [0.3, 0.4) is 0 Å². The number of rotatable bonds is 10. The van der Waals surface area contributed by atoms with E-state index in [1.54, 1.807) is 4.90 Å². The molecule has 5 fully saturated rings. The van der Waals surface area contributed by atoms with E-state index in [0.717, 1.165) is 24.8 Å². The van der Waals surface area contributed by atoms with Crippen LogP contribution in [-0.2, 0) is 19.2 Å². The van der Waals surface area contributed by atoms with Crippen molar-refractivity contribution >= 4 is 35.7 Å². The first-order valence-corrected chi connectivity index (χ1v) is 19.1. The topological polar surface area (TPSA) is 160 Å². The number of imide groups is 1. The highest BCUT2D eigenvalue weighted by Gasteiger charge is 2.58. The van der Waals surface area contributed by atoms with E-state index in [0.29, 0.717) is 38.3 Å². The van der Waals surface area contributed by atoms with Crippen LogP contribution in [0.2, 0.25) is 0 Å². The molecule has 3 aliphatic carbocycles. The van der Waals surface area contributed by atoms with Gasteiger partial charge in [0.1, 0.15) is 12.1 Å². The number of nitrogens with one attached hydrogen (secondary N) is 4. The summed E-state index contributed by atoms with van der Waals surface area (Å²) in [4.78, 5) is 84.8. The van der Waals surface area contributed by atoms with Crippen LogP contribution in [0.15, 0.2) is 30.3 Å².